The Bertz CT molecular complexity index is 1600. The Morgan fingerprint density at radius 1 is 0.925 bits per heavy atom. The number of likely N-dealkylation sites (tertiary alicyclic amines) is 1. The number of carboxylic acids is 1. The van der Waals surface area contributed by atoms with Gasteiger partial charge in [0.2, 0.25) is 0 Å². The van der Waals surface area contributed by atoms with E-state index in [-0.39, 0.29) is 16.7 Å². The topological polar surface area (TPSA) is 75.4 Å². The normalized spacial score (nSPS) is 24.1. The zero-order valence-corrected chi connectivity index (χ0v) is 23.7. The molecule has 4 aromatic rings. The van der Waals surface area contributed by atoms with Crippen molar-refractivity contribution in [2.45, 2.75) is 46.0 Å². The summed E-state index contributed by atoms with van der Waals surface area (Å²) in [5.74, 6) is 0.802. The van der Waals surface area contributed by atoms with E-state index in [4.69, 9.17) is 4.98 Å². The number of para-hydroxylation sites is 2. The Hall–Kier alpha value is -3.93. The van der Waals surface area contributed by atoms with E-state index in [1.54, 1.807) is 12.1 Å². The van der Waals surface area contributed by atoms with E-state index >= 15 is 0 Å². The number of nitrogens with zero attached hydrogens (tertiary/aromatic N) is 3. The minimum absolute atomic E-state index is 0.0156. The fourth-order valence-electron chi connectivity index (χ4n) is 7.92. The Morgan fingerprint density at radius 3 is 2.35 bits per heavy atom. The van der Waals surface area contributed by atoms with Crippen molar-refractivity contribution in [3.05, 3.63) is 89.5 Å². The highest BCUT2D eigenvalue weighted by Crippen LogP contribution is 2.60. The van der Waals surface area contributed by atoms with Crippen molar-refractivity contribution in [2.75, 3.05) is 13.1 Å². The molecule has 2 aliphatic rings. The number of aryl methyl sites for hydroxylation is 1. The van der Waals surface area contributed by atoms with Crippen LogP contribution in [0.1, 0.15) is 72.2 Å². The molecular formula is C34H37N3O3. The molecule has 3 atom stereocenters. The van der Waals surface area contributed by atoms with Crippen molar-refractivity contribution in [1.29, 1.82) is 0 Å². The predicted molar refractivity (Wildman–Crippen MR) is 157 cm³/mol. The Morgan fingerprint density at radius 2 is 1.62 bits per heavy atom. The maximum Gasteiger partial charge on any atom is 0.335 e. The SMILES string of the molecule is Cn1c(-c2ccccc2C(=O)N2CCC3C(C)(C)[C@@H](c4ccc(C(=O)O)cc4)CC[C@]3(C)C2)nc2ccccc21. The highest BCUT2D eigenvalue weighted by atomic mass is 16.4. The maximum atomic E-state index is 14.1. The minimum atomic E-state index is -0.892. The van der Waals surface area contributed by atoms with Crippen LogP contribution in [0.3, 0.4) is 0 Å². The number of carboxylic acid groups (broad SMARTS) is 1. The minimum Gasteiger partial charge on any atom is -0.478 e. The predicted octanol–water partition coefficient (Wildman–Crippen LogP) is 7.01. The number of fused-ring (bicyclic) bond motifs is 2. The van der Waals surface area contributed by atoms with E-state index in [1.807, 2.05) is 61.6 Å². The van der Waals surface area contributed by atoms with Crippen molar-refractivity contribution in [3.8, 4) is 11.4 Å². The van der Waals surface area contributed by atoms with Gasteiger partial charge in [-0.3, -0.25) is 4.79 Å². The molecule has 2 fully saturated rings. The van der Waals surface area contributed by atoms with E-state index in [0.29, 0.717) is 23.0 Å². The lowest BCUT2D eigenvalue weighted by molar-refractivity contribution is -0.0670. The Kier molecular flexibility index (Phi) is 6.32. The van der Waals surface area contributed by atoms with Crippen LogP contribution in [-0.4, -0.2) is 44.5 Å². The summed E-state index contributed by atoms with van der Waals surface area (Å²) in [4.78, 5) is 32.4. The summed E-state index contributed by atoms with van der Waals surface area (Å²) in [6, 6.07) is 23.4. The average molecular weight is 536 g/mol. The number of carbonyl (C=O) groups is 2. The van der Waals surface area contributed by atoms with E-state index < -0.39 is 5.97 Å². The molecule has 1 saturated heterocycles. The molecule has 1 unspecified atom stereocenters. The van der Waals surface area contributed by atoms with Crippen LogP contribution in [0.25, 0.3) is 22.4 Å². The van der Waals surface area contributed by atoms with Crippen LogP contribution in [0.15, 0.2) is 72.8 Å². The zero-order valence-electron chi connectivity index (χ0n) is 23.7. The second kappa shape index (κ2) is 9.61. The number of aromatic nitrogens is 2. The lowest BCUT2D eigenvalue weighted by Gasteiger charge is -2.59. The van der Waals surface area contributed by atoms with E-state index in [0.717, 1.165) is 54.8 Å². The number of benzene rings is 3. The summed E-state index contributed by atoms with van der Waals surface area (Å²) >= 11 is 0. The van der Waals surface area contributed by atoms with E-state index in [1.165, 1.54) is 5.56 Å². The number of amides is 1. The number of piperidine rings is 1. The second-order valence-corrected chi connectivity index (χ2v) is 12.6. The van der Waals surface area contributed by atoms with Gasteiger partial charge in [-0.15, -0.1) is 0 Å². The second-order valence-electron chi connectivity index (χ2n) is 12.6. The molecule has 3 aromatic carbocycles. The van der Waals surface area contributed by atoms with Crippen LogP contribution < -0.4 is 0 Å². The van der Waals surface area contributed by atoms with Crippen molar-refractivity contribution < 1.29 is 14.7 Å². The fraction of sp³-hybridized carbons (Fsp3) is 0.382. The van der Waals surface area contributed by atoms with Crippen molar-refractivity contribution in [1.82, 2.24) is 14.5 Å². The molecule has 1 aliphatic carbocycles. The van der Waals surface area contributed by atoms with Gasteiger partial charge in [-0.2, -0.15) is 0 Å². The molecule has 0 bridgehead atoms. The molecule has 206 valence electrons. The van der Waals surface area contributed by atoms with Gasteiger partial charge in [0, 0.05) is 25.7 Å². The number of imidazole rings is 1. The van der Waals surface area contributed by atoms with Crippen molar-refractivity contribution in [3.63, 3.8) is 0 Å². The van der Waals surface area contributed by atoms with Crippen LogP contribution in [0.2, 0.25) is 0 Å². The smallest absolute Gasteiger partial charge is 0.335 e. The van der Waals surface area contributed by atoms with Crippen LogP contribution in [0, 0.1) is 16.7 Å². The molecule has 1 aliphatic heterocycles. The van der Waals surface area contributed by atoms with E-state index in [9.17, 15) is 14.7 Å². The number of carbonyl (C=O) groups excluding carboxylic acids is 1. The molecule has 1 aromatic heterocycles. The summed E-state index contributed by atoms with van der Waals surface area (Å²) in [7, 11) is 2.01. The van der Waals surface area contributed by atoms with Gasteiger partial charge in [-0.05, 0) is 77.8 Å². The third kappa shape index (κ3) is 4.21. The molecular weight excluding hydrogens is 498 g/mol. The maximum absolute atomic E-state index is 14.1. The summed E-state index contributed by atoms with van der Waals surface area (Å²) in [5.41, 5.74) is 5.12. The van der Waals surface area contributed by atoms with Crippen LogP contribution in [0.4, 0.5) is 0 Å². The highest BCUT2D eigenvalue weighted by Gasteiger charge is 2.54. The van der Waals surface area contributed by atoms with Gasteiger partial charge in [0.25, 0.3) is 5.91 Å². The van der Waals surface area contributed by atoms with Crippen LogP contribution >= 0.6 is 0 Å². The first-order valence-corrected chi connectivity index (χ1v) is 14.2. The van der Waals surface area contributed by atoms with Gasteiger partial charge in [-0.1, -0.05) is 63.2 Å². The lowest BCUT2D eigenvalue weighted by Crippen LogP contribution is -2.56. The molecule has 1 N–H and O–H groups in total. The molecule has 40 heavy (non-hydrogen) atoms. The molecule has 6 rings (SSSR count). The molecule has 6 nitrogen and oxygen atoms in total. The molecule has 2 heterocycles. The first kappa shape index (κ1) is 26.3. The molecule has 6 heteroatoms. The van der Waals surface area contributed by atoms with Gasteiger partial charge in [0.15, 0.2) is 0 Å². The van der Waals surface area contributed by atoms with Crippen molar-refractivity contribution >= 4 is 22.9 Å². The van der Waals surface area contributed by atoms with E-state index in [2.05, 4.69) is 36.3 Å². The van der Waals surface area contributed by atoms with Crippen LogP contribution in [-0.2, 0) is 7.05 Å². The van der Waals surface area contributed by atoms with Gasteiger partial charge >= 0.3 is 5.97 Å². The monoisotopic (exact) mass is 535 g/mol. The fourth-order valence-corrected chi connectivity index (χ4v) is 7.92. The largest absolute Gasteiger partial charge is 0.478 e. The van der Waals surface area contributed by atoms with Crippen LogP contribution in [0.5, 0.6) is 0 Å². The highest BCUT2D eigenvalue weighted by molar-refractivity contribution is 6.01. The quantitative estimate of drug-likeness (QED) is 0.305. The number of rotatable bonds is 4. The van der Waals surface area contributed by atoms with Gasteiger partial charge in [0.1, 0.15) is 5.82 Å². The first-order valence-electron chi connectivity index (χ1n) is 14.2. The Balaban J connectivity index is 1.26. The number of aromatic carboxylic acids is 1. The van der Waals surface area contributed by atoms with Gasteiger partial charge in [-0.25, -0.2) is 9.78 Å². The first-order chi connectivity index (χ1) is 19.1. The Labute approximate surface area is 235 Å². The average Bonchev–Trinajstić information content (AvgIpc) is 3.28. The third-order valence-electron chi connectivity index (χ3n) is 9.91. The molecule has 0 radical (unpaired) electrons. The van der Waals surface area contributed by atoms with Gasteiger partial charge in [0.05, 0.1) is 22.2 Å². The summed E-state index contributed by atoms with van der Waals surface area (Å²) in [5, 5.41) is 9.32. The lowest BCUT2D eigenvalue weighted by atomic mass is 9.49. The third-order valence-corrected chi connectivity index (χ3v) is 9.91. The summed E-state index contributed by atoms with van der Waals surface area (Å²) in [6.45, 7) is 8.55. The molecule has 1 saturated carbocycles. The zero-order chi connectivity index (χ0) is 28.2. The molecule has 1 amide bonds. The van der Waals surface area contributed by atoms with Crippen molar-refractivity contribution in [2.24, 2.45) is 23.8 Å². The molecule has 0 spiro atoms. The standard InChI is InChI=1S/C34H37N3O3/c1-33(2)26(22-13-15-23(16-14-22)32(39)40)17-19-34(3)21-37(20-18-29(33)34)31(38)25-10-6-5-9-24(25)30-35-27-11-7-8-12-28(27)36(30)4/h5-16,26,29H,17-21H2,1-4H3,(H,39,40)/t26-,29?,34-/m1/s1. The summed E-state index contributed by atoms with van der Waals surface area (Å²) < 4.78 is 2.07. The number of hydrogen-bond donors (Lipinski definition) is 1. The van der Waals surface area contributed by atoms with Gasteiger partial charge < -0.3 is 14.6 Å². The number of hydrogen-bond acceptors (Lipinski definition) is 3. The summed E-state index contributed by atoms with van der Waals surface area (Å²) in [6.07, 6.45) is 3.00.